The molecule has 0 aromatic carbocycles. The highest BCUT2D eigenvalue weighted by atomic mass is 16.4. The summed E-state index contributed by atoms with van der Waals surface area (Å²) in [5.41, 5.74) is 0.0147. The summed E-state index contributed by atoms with van der Waals surface area (Å²) in [6, 6.07) is -0.554. The summed E-state index contributed by atoms with van der Waals surface area (Å²) in [7, 11) is -1.81. The molecule has 12 nitrogen and oxygen atoms in total. The van der Waals surface area contributed by atoms with Crippen molar-refractivity contribution in [1.82, 2.24) is 21.3 Å². The molecule has 0 saturated heterocycles. The van der Waals surface area contributed by atoms with Gasteiger partial charge in [0.25, 0.3) is 5.91 Å². The lowest BCUT2D eigenvalue weighted by molar-refractivity contribution is -0.135. The number of aliphatic hydroxyl groups is 1. The highest BCUT2D eigenvalue weighted by Gasteiger charge is 2.33. The summed E-state index contributed by atoms with van der Waals surface area (Å²) in [5, 5.41) is 48.9. The second-order valence-corrected chi connectivity index (χ2v) is 10.8. The molecule has 0 aromatic heterocycles. The van der Waals surface area contributed by atoms with Crippen LogP contribution in [0.2, 0.25) is 0 Å². The maximum Gasteiger partial charge on any atom is 0.475 e. The lowest BCUT2D eigenvalue weighted by atomic mass is 9.75. The molecule has 0 aliphatic rings. The molecule has 0 radical (unpaired) electrons. The number of hydrogen-bond acceptors (Lipinski definition) is 8. The number of rotatable bonds is 17. The van der Waals surface area contributed by atoms with Gasteiger partial charge in [-0.05, 0) is 44.4 Å². The van der Waals surface area contributed by atoms with Crippen LogP contribution in [0.1, 0.15) is 74.1 Å². The monoisotopic (exact) mass is 551 g/mol. The fourth-order valence-corrected chi connectivity index (χ4v) is 3.57. The van der Waals surface area contributed by atoms with Gasteiger partial charge in [0, 0.05) is 12.5 Å². The quantitative estimate of drug-likeness (QED) is 0.0563. The number of unbranched alkanes of at least 4 members (excludes halogenated alkanes) is 1. The normalized spacial score (nSPS) is 14.7. The van der Waals surface area contributed by atoms with Crippen molar-refractivity contribution in [1.29, 1.82) is 5.26 Å². The van der Waals surface area contributed by atoms with Crippen molar-refractivity contribution in [2.75, 3.05) is 6.54 Å². The van der Waals surface area contributed by atoms with Crippen molar-refractivity contribution in [3.63, 3.8) is 0 Å². The van der Waals surface area contributed by atoms with Gasteiger partial charge in [0.05, 0.1) is 12.0 Å². The Morgan fingerprint density at radius 3 is 1.97 bits per heavy atom. The Labute approximate surface area is 232 Å². The molecule has 7 N–H and O–H groups in total. The van der Waals surface area contributed by atoms with Gasteiger partial charge in [-0.3, -0.25) is 19.2 Å². The van der Waals surface area contributed by atoms with E-state index in [1.807, 2.05) is 33.8 Å². The van der Waals surface area contributed by atoms with E-state index in [1.54, 1.807) is 19.9 Å². The van der Waals surface area contributed by atoms with Crippen molar-refractivity contribution in [3.05, 3.63) is 11.6 Å². The first-order valence-electron chi connectivity index (χ1n) is 13.5. The topological polar surface area (TPSA) is 201 Å². The Morgan fingerprint density at radius 1 is 0.897 bits per heavy atom. The first kappa shape index (κ1) is 36.1. The number of nitrogens with one attached hydrogen (secondary N) is 4. The zero-order valence-corrected chi connectivity index (χ0v) is 24.2. The lowest BCUT2D eigenvalue weighted by Gasteiger charge is -2.27. The van der Waals surface area contributed by atoms with E-state index in [0.29, 0.717) is 12.8 Å². The first-order valence-corrected chi connectivity index (χ1v) is 13.5. The zero-order chi connectivity index (χ0) is 30.3. The van der Waals surface area contributed by atoms with Crippen LogP contribution in [0, 0.1) is 29.1 Å². The molecule has 220 valence electrons. The number of carbonyl (C=O) groups is 4. The summed E-state index contributed by atoms with van der Waals surface area (Å²) in [6.45, 7) is 12.2. The fraction of sp³-hybridized carbons (Fsp3) is 0.731. The van der Waals surface area contributed by atoms with Crippen molar-refractivity contribution in [2.45, 2.75) is 98.3 Å². The highest BCUT2D eigenvalue weighted by Crippen LogP contribution is 2.09. The third-order valence-electron chi connectivity index (χ3n) is 5.70. The Balaban J connectivity index is 5.48. The summed E-state index contributed by atoms with van der Waals surface area (Å²) in [4.78, 5) is 50.4. The van der Waals surface area contributed by atoms with E-state index in [-0.39, 0.29) is 36.8 Å². The van der Waals surface area contributed by atoms with E-state index < -0.39 is 60.8 Å². The molecule has 0 spiro atoms. The molecule has 0 fully saturated rings. The molecule has 13 heteroatoms. The standard InChI is InChI=1S/C26H46BN5O7/c1-15(2)12-19(14-28)24(35)29-11-9-8-10-20(25(36)31-21(27(38)39)13-16(3)4)30-26(37)22(18(7)33)32-23(34)17(5)6/h12,15-18,20-22,33,38-39H,8-11,13H2,1-7H3,(H,29,35)(H,30,37)(H,31,36)(H,32,34)/t18-,20?,21+,22+/m1/s1. The molecule has 4 atom stereocenters. The van der Waals surface area contributed by atoms with E-state index in [9.17, 15) is 34.3 Å². The van der Waals surface area contributed by atoms with E-state index in [2.05, 4.69) is 21.3 Å². The minimum Gasteiger partial charge on any atom is -0.426 e. The summed E-state index contributed by atoms with van der Waals surface area (Å²) < 4.78 is 0. The largest absolute Gasteiger partial charge is 0.475 e. The number of hydrogen-bond donors (Lipinski definition) is 7. The molecule has 0 heterocycles. The Kier molecular flexibility index (Phi) is 17.0. The molecule has 4 amide bonds. The van der Waals surface area contributed by atoms with Gasteiger partial charge >= 0.3 is 7.12 Å². The number of nitriles is 1. The van der Waals surface area contributed by atoms with Crippen LogP contribution in [-0.4, -0.2) is 76.6 Å². The summed E-state index contributed by atoms with van der Waals surface area (Å²) in [6.07, 6.45) is 1.53. The fourth-order valence-electron chi connectivity index (χ4n) is 3.57. The Hall–Kier alpha value is -2.95. The predicted molar refractivity (Wildman–Crippen MR) is 147 cm³/mol. The van der Waals surface area contributed by atoms with Gasteiger partial charge in [-0.25, -0.2) is 0 Å². The molecule has 0 aliphatic heterocycles. The van der Waals surface area contributed by atoms with Crippen LogP contribution in [0.4, 0.5) is 0 Å². The van der Waals surface area contributed by atoms with Gasteiger partial charge in [-0.1, -0.05) is 47.6 Å². The summed E-state index contributed by atoms with van der Waals surface area (Å²) in [5.74, 6) is -3.70. The second kappa shape index (κ2) is 18.4. The average Bonchev–Trinajstić information content (AvgIpc) is 2.82. The van der Waals surface area contributed by atoms with E-state index in [4.69, 9.17) is 5.26 Å². The Bertz CT molecular complexity index is 884. The van der Waals surface area contributed by atoms with Gasteiger partial charge in [0.2, 0.25) is 17.7 Å². The van der Waals surface area contributed by atoms with E-state index in [0.717, 1.165) is 0 Å². The second-order valence-electron chi connectivity index (χ2n) is 10.8. The number of aliphatic hydroxyl groups excluding tert-OH is 1. The maximum atomic E-state index is 13.1. The van der Waals surface area contributed by atoms with E-state index >= 15 is 0 Å². The Morgan fingerprint density at radius 2 is 1.51 bits per heavy atom. The molecule has 0 aromatic rings. The van der Waals surface area contributed by atoms with Crippen molar-refractivity contribution in [3.8, 4) is 6.07 Å². The van der Waals surface area contributed by atoms with Gasteiger partial charge in [0.1, 0.15) is 23.7 Å². The maximum absolute atomic E-state index is 13.1. The van der Waals surface area contributed by atoms with E-state index in [1.165, 1.54) is 6.92 Å². The van der Waals surface area contributed by atoms with Crippen LogP contribution in [-0.2, 0) is 19.2 Å². The van der Waals surface area contributed by atoms with Crippen molar-refractivity contribution in [2.24, 2.45) is 17.8 Å². The minimum absolute atomic E-state index is 0.0147. The number of amides is 4. The first-order chi connectivity index (χ1) is 18.1. The van der Waals surface area contributed by atoms with Crippen molar-refractivity contribution < 1.29 is 34.3 Å². The van der Waals surface area contributed by atoms with Crippen LogP contribution >= 0.6 is 0 Å². The predicted octanol–water partition coefficient (Wildman–Crippen LogP) is -0.0718. The van der Waals surface area contributed by atoms with Crippen LogP contribution < -0.4 is 21.3 Å². The molecular formula is C26H46BN5O7. The van der Waals surface area contributed by atoms with Crippen LogP contribution in [0.5, 0.6) is 0 Å². The minimum atomic E-state index is -1.81. The zero-order valence-electron chi connectivity index (χ0n) is 24.2. The van der Waals surface area contributed by atoms with Crippen LogP contribution in [0.3, 0.4) is 0 Å². The molecule has 0 bridgehead atoms. The summed E-state index contributed by atoms with van der Waals surface area (Å²) >= 11 is 0. The smallest absolute Gasteiger partial charge is 0.426 e. The number of allylic oxidation sites excluding steroid dienone is 1. The molecule has 1 unspecified atom stereocenters. The lowest BCUT2D eigenvalue weighted by Crippen LogP contribution is -2.59. The molecular weight excluding hydrogens is 505 g/mol. The SMILES string of the molecule is CC(C)C=C(C#N)C(=O)NCCCCC(NC(=O)[C@@H](NC(=O)C(C)C)[C@@H](C)O)C(=O)N[C@@H](CC(C)C)B(O)O. The number of carbonyl (C=O) groups excluding carboxylic acids is 4. The number of nitrogens with zero attached hydrogens (tertiary/aromatic N) is 1. The highest BCUT2D eigenvalue weighted by molar-refractivity contribution is 6.43. The molecule has 0 saturated carbocycles. The third-order valence-corrected chi connectivity index (χ3v) is 5.70. The van der Waals surface area contributed by atoms with Gasteiger partial charge in [-0.15, -0.1) is 0 Å². The molecule has 0 rings (SSSR count). The van der Waals surface area contributed by atoms with Crippen molar-refractivity contribution >= 4 is 30.7 Å². The van der Waals surface area contributed by atoms with Gasteiger partial charge in [-0.2, -0.15) is 5.26 Å². The average molecular weight is 551 g/mol. The van der Waals surface area contributed by atoms with Crippen LogP contribution in [0.25, 0.3) is 0 Å². The van der Waals surface area contributed by atoms with Gasteiger partial charge in [0.15, 0.2) is 0 Å². The van der Waals surface area contributed by atoms with Gasteiger partial charge < -0.3 is 36.4 Å². The molecule has 0 aliphatic carbocycles. The van der Waals surface area contributed by atoms with Crippen LogP contribution in [0.15, 0.2) is 11.6 Å². The third kappa shape index (κ3) is 14.7. The molecule has 39 heavy (non-hydrogen) atoms.